The minimum absolute atomic E-state index is 0.00527. The molecule has 2 aromatic carbocycles. The summed E-state index contributed by atoms with van der Waals surface area (Å²) in [7, 11) is 1.57. The van der Waals surface area contributed by atoms with Gasteiger partial charge in [0.2, 0.25) is 11.7 Å². The van der Waals surface area contributed by atoms with Gasteiger partial charge in [0, 0.05) is 5.56 Å². The summed E-state index contributed by atoms with van der Waals surface area (Å²) in [5, 5.41) is 15.1. The Bertz CT molecular complexity index is 1020. The molecule has 0 radical (unpaired) electrons. The zero-order valence-corrected chi connectivity index (χ0v) is 17.7. The lowest BCUT2D eigenvalue weighted by Crippen LogP contribution is -2.33. The Hall–Kier alpha value is -3.75. The lowest BCUT2D eigenvalue weighted by Gasteiger charge is -2.18. The van der Waals surface area contributed by atoms with Crippen molar-refractivity contribution in [3.8, 4) is 17.1 Å². The van der Waals surface area contributed by atoms with E-state index in [2.05, 4.69) is 20.7 Å². The van der Waals surface area contributed by atoms with Crippen LogP contribution in [0.5, 0.6) is 5.75 Å². The average Bonchev–Trinajstić information content (AvgIpc) is 3.22. The normalized spacial score (nSPS) is 11.6. The first kappa shape index (κ1) is 21.9. The molecule has 0 aliphatic carbocycles. The van der Waals surface area contributed by atoms with Gasteiger partial charge in [-0.05, 0) is 36.8 Å². The van der Waals surface area contributed by atoms with E-state index in [1.807, 2.05) is 31.2 Å². The summed E-state index contributed by atoms with van der Waals surface area (Å²) in [5.41, 5.74) is 2.70. The predicted molar refractivity (Wildman–Crippen MR) is 113 cm³/mol. The fraction of sp³-hybridized carbons (Fsp3) is 0.318. The predicted octanol–water partition coefficient (Wildman–Crippen LogP) is 2.47. The summed E-state index contributed by atoms with van der Waals surface area (Å²) in [5.74, 6) is 0.369. The molecule has 162 valence electrons. The largest absolute Gasteiger partial charge is 0.497 e. The van der Waals surface area contributed by atoms with Crippen LogP contribution in [0, 0.1) is 6.92 Å². The summed E-state index contributed by atoms with van der Waals surface area (Å²) in [6.45, 7) is 3.87. The average molecular weight is 423 g/mol. The molecule has 0 aliphatic rings. The summed E-state index contributed by atoms with van der Waals surface area (Å²) in [6, 6.07) is 14.3. The van der Waals surface area contributed by atoms with E-state index in [0.717, 1.165) is 16.7 Å². The summed E-state index contributed by atoms with van der Waals surface area (Å²) >= 11 is 0. The number of tetrazole rings is 1. The highest BCUT2D eigenvalue weighted by Gasteiger charge is 2.20. The highest BCUT2D eigenvalue weighted by Crippen LogP contribution is 2.21. The van der Waals surface area contributed by atoms with Gasteiger partial charge in [0.15, 0.2) is 0 Å². The van der Waals surface area contributed by atoms with E-state index in [0.29, 0.717) is 11.6 Å². The van der Waals surface area contributed by atoms with Crippen LogP contribution in [-0.2, 0) is 20.9 Å². The molecular formula is C22H25N5O4. The maximum atomic E-state index is 12.6. The van der Waals surface area contributed by atoms with E-state index in [1.165, 1.54) is 4.80 Å². The Morgan fingerprint density at radius 2 is 1.81 bits per heavy atom. The molecule has 1 atom stereocenters. The Morgan fingerprint density at radius 3 is 2.45 bits per heavy atom. The van der Waals surface area contributed by atoms with Crippen molar-refractivity contribution >= 4 is 11.9 Å². The van der Waals surface area contributed by atoms with Gasteiger partial charge in [0.05, 0.1) is 26.2 Å². The second-order valence-electron chi connectivity index (χ2n) is 6.91. The number of carbonyl (C=O) groups excluding carboxylic acids is 2. The number of benzene rings is 2. The molecule has 31 heavy (non-hydrogen) atoms. The molecule has 1 amide bonds. The summed E-state index contributed by atoms with van der Waals surface area (Å²) in [4.78, 5) is 25.9. The smallest absolute Gasteiger partial charge is 0.308 e. The topological polar surface area (TPSA) is 108 Å². The molecule has 1 aromatic heterocycles. The fourth-order valence-corrected chi connectivity index (χ4v) is 2.97. The molecule has 9 nitrogen and oxygen atoms in total. The van der Waals surface area contributed by atoms with Crippen LogP contribution in [0.3, 0.4) is 0 Å². The number of methoxy groups -OCH3 is 1. The molecule has 3 aromatic rings. The molecule has 0 aliphatic heterocycles. The molecular weight excluding hydrogens is 398 g/mol. The van der Waals surface area contributed by atoms with Crippen molar-refractivity contribution in [2.45, 2.75) is 32.9 Å². The Morgan fingerprint density at radius 1 is 1.10 bits per heavy atom. The van der Waals surface area contributed by atoms with Crippen molar-refractivity contribution in [3.63, 3.8) is 0 Å². The monoisotopic (exact) mass is 423 g/mol. The number of hydrogen-bond donors (Lipinski definition) is 1. The Labute approximate surface area is 180 Å². The van der Waals surface area contributed by atoms with Gasteiger partial charge < -0.3 is 14.8 Å². The third-order valence-electron chi connectivity index (χ3n) is 4.58. The van der Waals surface area contributed by atoms with Gasteiger partial charge in [0.1, 0.15) is 12.3 Å². The highest BCUT2D eigenvalue weighted by molar-refractivity contribution is 5.78. The maximum absolute atomic E-state index is 12.6. The van der Waals surface area contributed by atoms with Gasteiger partial charge in [-0.15, -0.1) is 10.2 Å². The van der Waals surface area contributed by atoms with Crippen molar-refractivity contribution in [2.75, 3.05) is 13.7 Å². The molecule has 9 heteroatoms. The van der Waals surface area contributed by atoms with E-state index in [-0.39, 0.29) is 25.5 Å². The molecule has 0 unspecified atom stereocenters. The van der Waals surface area contributed by atoms with Crippen LogP contribution >= 0.6 is 0 Å². The molecule has 1 heterocycles. The molecule has 0 saturated carbocycles. The van der Waals surface area contributed by atoms with Crippen molar-refractivity contribution in [3.05, 3.63) is 59.7 Å². The van der Waals surface area contributed by atoms with Gasteiger partial charge in [-0.25, -0.2) is 0 Å². The summed E-state index contributed by atoms with van der Waals surface area (Å²) in [6.07, 6.45) is 0.00527. The standard InChI is InChI=1S/C22H25N5O4/c1-4-31-21(29)13-19(16-9-11-18(30-3)12-10-16)23-20(28)14-27-25-22(24-26-27)17-7-5-15(2)6-8-17/h5-12,19H,4,13-14H2,1-3H3,(H,23,28)/t19-/m0/s1. The number of hydrogen-bond acceptors (Lipinski definition) is 7. The van der Waals surface area contributed by atoms with Gasteiger partial charge in [-0.3, -0.25) is 9.59 Å². The number of rotatable bonds is 9. The third-order valence-corrected chi connectivity index (χ3v) is 4.58. The first-order chi connectivity index (χ1) is 15.0. The Kier molecular flexibility index (Phi) is 7.31. The minimum Gasteiger partial charge on any atom is -0.497 e. The first-order valence-electron chi connectivity index (χ1n) is 9.92. The van der Waals surface area contributed by atoms with Gasteiger partial charge in [0.25, 0.3) is 0 Å². The zero-order valence-electron chi connectivity index (χ0n) is 17.7. The third kappa shape index (κ3) is 6.11. The molecule has 1 N–H and O–H groups in total. The van der Waals surface area contributed by atoms with Crippen LogP contribution in [0.25, 0.3) is 11.4 Å². The number of nitrogens with zero attached hydrogens (tertiary/aromatic N) is 4. The lowest BCUT2D eigenvalue weighted by molar-refractivity contribution is -0.143. The quantitative estimate of drug-likeness (QED) is 0.527. The van der Waals surface area contributed by atoms with Crippen molar-refractivity contribution in [1.82, 2.24) is 25.5 Å². The van der Waals surface area contributed by atoms with E-state index in [4.69, 9.17) is 9.47 Å². The SMILES string of the molecule is CCOC(=O)C[C@H](NC(=O)Cn1nnc(-c2ccc(C)cc2)n1)c1ccc(OC)cc1. The van der Waals surface area contributed by atoms with Crippen LogP contribution < -0.4 is 10.1 Å². The van der Waals surface area contributed by atoms with E-state index in [1.54, 1.807) is 38.3 Å². The van der Waals surface area contributed by atoms with Crippen LogP contribution in [0.1, 0.15) is 30.5 Å². The number of amides is 1. The Balaban J connectivity index is 1.69. The van der Waals surface area contributed by atoms with Gasteiger partial charge in [-0.2, -0.15) is 4.80 Å². The second kappa shape index (κ2) is 10.3. The van der Waals surface area contributed by atoms with Crippen LogP contribution in [0.15, 0.2) is 48.5 Å². The summed E-state index contributed by atoms with van der Waals surface area (Å²) < 4.78 is 10.2. The van der Waals surface area contributed by atoms with E-state index in [9.17, 15) is 9.59 Å². The number of aryl methyl sites for hydroxylation is 1. The second-order valence-corrected chi connectivity index (χ2v) is 6.91. The van der Waals surface area contributed by atoms with Crippen molar-refractivity contribution in [2.24, 2.45) is 0 Å². The number of carbonyl (C=O) groups is 2. The number of ether oxygens (including phenoxy) is 2. The van der Waals surface area contributed by atoms with Gasteiger partial charge in [-0.1, -0.05) is 42.0 Å². The zero-order chi connectivity index (χ0) is 22.2. The maximum Gasteiger partial charge on any atom is 0.308 e. The molecule has 0 fully saturated rings. The van der Waals surface area contributed by atoms with Crippen molar-refractivity contribution in [1.29, 1.82) is 0 Å². The van der Waals surface area contributed by atoms with Gasteiger partial charge >= 0.3 is 5.97 Å². The minimum atomic E-state index is -0.558. The molecule has 0 spiro atoms. The fourth-order valence-electron chi connectivity index (χ4n) is 2.97. The molecule has 0 bridgehead atoms. The molecule has 3 rings (SSSR count). The first-order valence-corrected chi connectivity index (χ1v) is 9.92. The van der Waals surface area contributed by atoms with Crippen LogP contribution in [0.2, 0.25) is 0 Å². The van der Waals surface area contributed by atoms with E-state index < -0.39 is 12.0 Å². The molecule has 0 saturated heterocycles. The number of esters is 1. The number of nitrogens with one attached hydrogen (secondary N) is 1. The van der Waals surface area contributed by atoms with Crippen LogP contribution in [0.4, 0.5) is 0 Å². The lowest BCUT2D eigenvalue weighted by atomic mass is 10.0. The van der Waals surface area contributed by atoms with Crippen LogP contribution in [-0.4, -0.2) is 45.8 Å². The highest BCUT2D eigenvalue weighted by atomic mass is 16.5. The van der Waals surface area contributed by atoms with E-state index >= 15 is 0 Å². The van der Waals surface area contributed by atoms with Crippen molar-refractivity contribution < 1.29 is 19.1 Å². The number of aromatic nitrogens is 4.